The molecule has 0 aliphatic carbocycles. The van der Waals surface area contributed by atoms with Crippen LogP contribution in [0.5, 0.6) is 0 Å². The molecule has 2 aromatic rings. The zero-order valence-corrected chi connectivity index (χ0v) is 9.71. The lowest BCUT2D eigenvalue weighted by Gasteiger charge is -1.96. The van der Waals surface area contributed by atoms with E-state index >= 15 is 0 Å². The third-order valence-electron chi connectivity index (χ3n) is 2.21. The van der Waals surface area contributed by atoms with Crippen LogP contribution in [0.15, 0.2) is 41.4 Å². The van der Waals surface area contributed by atoms with Crippen molar-refractivity contribution in [3.63, 3.8) is 0 Å². The van der Waals surface area contributed by atoms with Crippen molar-refractivity contribution in [3.05, 3.63) is 51.7 Å². The molecule has 2 heteroatoms. The molecule has 1 aromatic carbocycles. The van der Waals surface area contributed by atoms with E-state index in [1.54, 1.807) is 11.3 Å². The summed E-state index contributed by atoms with van der Waals surface area (Å²) in [5, 5.41) is 0. The van der Waals surface area contributed by atoms with E-state index in [1.165, 1.54) is 15.3 Å². The minimum atomic E-state index is 1.04. The minimum absolute atomic E-state index is 1.04. The Bertz CT molecular complexity index is 483. The summed E-state index contributed by atoms with van der Waals surface area (Å²) in [4.78, 5) is 7.00. The van der Waals surface area contributed by atoms with Crippen LogP contribution in [0.4, 0.5) is 5.69 Å². The molecular weight excluding hydrogens is 202 g/mol. The molecule has 1 nitrogen and oxygen atoms in total. The summed E-state index contributed by atoms with van der Waals surface area (Å²) in [6.07, 6.45) is 1.93. The van der Waals surface area contributed by atoms with Crippen molar-refractivity contribution in [3.8, 4) is 0 Å². The van der Waals surface area contributed by atoms with Crippen LogP contribution in [-0.2, 0) is 0 Å². The van der Waals surface area contributed by atoms with Crippen molar-refractivity contribution in [1.29, 1.82) is 0 Å². The minimum Gasteiger partial charge on any atom is -0.255 e. The van der Waals surface area contributed by atoms with Crippen molar-refractivity contribution in [2.24, 2.45) is 4.99 Å². The molecular formula is C13H13NS. The van der Waals surface area contributed by atoms with Crippen LogP contribution in [0, 0.1) is 13.8 Å². The van der Waals surface area contributed by atoms with Crippen molar-refractivity contribution >= 4 is 23.2 Å². The van der Waals surface area contributed by atoms with Crippen LogP contribution in [0.1, 0.15) is 15.3 Å². The predicted octanol–water partition coefficient (Wildman–Crippen LogP) is 4.12. The van der Waals surface area contributed by atoms with E-state index in [0.29, 0.717) is 0 Å². The zero-order chi connectivity index (χ0) is 10.7. The normalized spacial score (nSPS) is 11.1. The lowest BCUT2D eigenvalue weighted by atomic mass is 10.2. The fraction of sp³-hybridized carbons (Fsp3) is 0.154. The quantitative estimate of drug-likeness (QED) is 0.668. The number of benzene rings is 1. The Balaban J connectivity index is 2.22. The Morgan fingerprint density at radius 1 is 1.07 bits per heavy atom. The molecule has 0 aliphatic heterocycles. The van der Waals surface area contributed by atoms with Gasteiger partial charge in [0.2, 0.25) is 0 Å². The van der Waals surface area contributed by atoms with Crippen LogP contribution in [0.25, 0.3) is 0 Å². The molecule has 76 valence electrons. The van der Waals surface area contributed by atoms with Gasteiger partial charge in [-0.2, -0.15) is 0 Å². The van der Waals surface area contributed by atoms with Gasteiger partial charge in [-0.15, -0.1) is 11.3 Å². The maximum atomic E-state index is 4.47. The van der Waals surface area contributed by atoms with Gasteiger partial charge in [0.25, 0.3) is 0 Å². The third kappa shape index (κ3) is 2.54. The second kappa shape index (κ2) is 4.41. The number of hydrogen-bond donors (Lipinski definition) is 0. The average molecular weight is 215 g/mol. The topological polar surface area (TPSA) is 12.4 Å². The number of nitrogens with zero attached hydrogens (tertiary/aromatic N) is 1. The Kier molecular flexibility index (Phi) is 2.97. The highest BCUT2D eigenvalue weighted by molar-refractivity contribution is 7.13. The zero-order valence-electron chi connectivity index (χ0n) is 8.90. The number of aliphatic imine (C=N–C) groups is 1. The predicted molar refractivity (Wildman–Crippen MR) is 67.5 cm³/mol. The van der Waals surface area contributed by atoms with Crippen molar-refractivity contribution in [2.75, 3.05) is 0 Å². The Morgan fingerprint density at radius 3 is 2.53 bits per heavy atom. The largest absolute Gasteiger partial charge is 0.255 e. The van der Waals surface area contributed by atoms with E-state index in [2.05, 4.69) is 37.0 Å². The van der Waals surface area contributed by atoms with Gasteiger partial charge in [0.05, 0.1) is 5.69 Å². The standard InChI is InChI=1S/C13H13NS/c1-10-5-3-4-6-13(10)14-9-12-8-7-11(2)15-12/h3-9H,1-2H3. The summed E-state index contributed by atoms with van der Waals surface area (Å²) in [5.74, 6) is 0. The Labute approximate surface area is 94.1 Å². The van der Waals surface area contributed by atoms with E-state index in [-0.39, 0.29) is 0 Å². The molecule has 0 saturated carbocycles. The molecule has 2 rings (SSSR count). The molecule has 0 unspecified atom stereocenters. The maximum absolute atomic E-state index is 4.47. The molecule has 1 heterocycles. The first-order valence-electron chi connectivity index (χ1n) is 4.92. The van der Waals surface area contributed by atoms with Crippen LogP contribution >= 0.6 is 11.3 Å². The molecule has 1 aromatic heterocycles. The first-order chi connectivity index (χ1) is 7.25. The van der Waals surface area contributed by atoms with E-state index in [4.69, 9.17) is 0 Å². The summed E-state index contributed by atoms with van der Waals surface area (Å²) in [5.41, 5.74) is 2.26. The van der Waals surface area contributed by atoms with Gasteiger partial charge < -0.3 is 0 Å². The van der Waals surface area contributed by atoms with Crippen molar-refractivity contribution in [2.45, 2.75) is 13.8 Å². The van der Waals surface area contributed by atoms with Gasteiger partial charge in [-0.25, -0.2) is 0 Å². The number of hydrogen-bond acceptors (Lipinski definition) is 2. The Hall–Kier alpha value is -1.41. The lowest BCUT2D eigenvalue weighted by molar-refractivity contribution is 1.41. The molecule has 0 spiro atoms. The fourth-order valence-electron chi connectivity index (χ4n) is 1.36. The summed E-state index contributed by atoms with van der Waals surface area (Å²) in [6, 6.07) is 12.4. The van der Waals surface area contributed by atoms with Gasteiger partial charge in [-0.1, -0.05) is 18.2 Å². The fourth-order valence-corrected chi connectivity index (χ4v) is 2.11. The van der Waals surface area contributed by atoms with E-state index < -0.39 is 0 Å². The Morgan fingerprint density at radius 2 is 1.87 bits per heavy atom. The van der Waals surface area contributed by atoms with Gasteiger partial charge >= 0.3 is 0 Å². The van der Waals surface area contributed by atoms with Gasteiger partial charge in [-0.05, 0) is 37.6 Å². The smallest absolute Gasteiger partial charge is 0.0659 e. The van der Waals surface area contributed by atoms with Crippen molar-refractivity contribution in [1.82, 2.24) is 0 Å². The average Bonchev–Trinajstić information content (AvgIpc) is 2.63. The number of rotatable bonds is 2. The molecule has 0 radical (unpaired) electrons. The number of para-hydroxylation sites is 1. The van der Waals surface area contributed by atoms with Gasteiger partial charge in [-0.3, -0.25) is 4.99 Å². The summed E-state index contributed by atoms with van der Waals surface area (Å²) >= 11 is 1.76. The van der Waals surface area contributed by atoms with Gasteiger partial charge in [0, 0.05) is 16.0 Å². The maximum Gasteiger partial charge on any atom is 0.0659 e. The van der Waals surface area contributed by atoms with E-state index in [9.17, 15) is 0 Å². The van der Waals surface area contributed by atoms with Crippen LogP contribution in [0.2, 0.25) is 0 Å². The lowest BCUT2D eigenvalue weighted by Crippen LogP contribution is -1.75. The number of thiophene rings is 1. The molecule has 0 atom stereocenters. The molecule has 0 bridgehead atoms. The highest BCUT2D eigenvalue weighted by atomic mass is 32.1. The van der Waals surface area contributed by atoms with Crippen molar-refractivity contribution < 1.29 is 0 Å². The summed E-state index contributed by atoms with van der Waals surface area (Å²) in [7, 11) is 0. The molecule has 0 N–H and O–H groups in total. The molecule has 0 amide bonds. The van der Waals surface area contributed by atoms with Crippen LogP contribution < -0.4 is 0 Å². The van der Waals surface area contributed by atoms with Gasteiger partial charge in [0.15, 0.2) is 0 Å². The van der Waals surface area contributed by atoms with Crippen LogP contribution in [0.3, 0.4) is 0 Å². The first kappa shape index (κ1) is 10.1. The first-order valence-corrected chi connectivity index (χ1v) is 5.73. The third-order valence-corrected chi connectivity index (χ3v) is 3.14. The SMILES string of the molecule is Cc1ccc(C=Nc2ccccc2C)s1. The molecule has 0 aliphatic rings. The van der Waals surface area contributed by atoms with Gasteiger partial charge in [0.1, 0.15) is 0 Å². The molecule has 0 saturated heterocycles. The monoisotopic (exact) mass is 215 g/mol. The summed E-state index contributed by atoms with van der Waals surface area (Å²) < 4.78 is 0. The van der Waals surface area contributed by atoms with E-state index in [0.717, 1.165) is 5.69 Å². The second-order valence-electron chi connectivity index (χ2n) is 3.49. The second-order valence-corrected chi connectivity index (χ2v) is 4.81. The summed E-state index contributed by atoms with van der Waals surface area (Å²) in [6.45, 7) is 4.18. The highest BCUT2D eigenvalue weighted by Gasteiger charge is 1.94. The molecule has 15 heavy (non-hydrogen) atoms. The number of aryl methyl sites for hydroxylation is 2. The molecule has 0 fully saturated rings. The van der Waals surface area contributed by atoms with Crippen LogP contribution in [-0.4, -0.2) is 6.21 Å². The highest BCUT2D eigenvalue weighted by Crippen LogP contribution is 2.18. The van der Waals surface area contributed by atoms with E-state index in [1.807, 2.05) is 24.4 Å².